The summed E-state index contributed by atoms with van der Waals surface area (Å²) in [5.41, 5.74) is 21.2. The molecule has 4 heteroatoms. The number of nitrogens with zero attached hydrogens (tertiary/aromatic N) is 4. The average Bonchev–Trinajstić information content (AvgIpc) is 4.09. The van der Waals surface area contributed by atoms with Gasteiger partial charge in [0.15, 0.2) is 0 Å². The third kappa shape index (κ3) is 10.2. The summed E-state index contributed by atoms with van der Waals surface area (Å²) < 4.78 is 4.76. The van der Waals surface area contributed by atoms with Gasteiger partial charge in [-0.05, 0) is 131 Å². The molecule has 3 heterocycles. The molecule has 0 N–H and O–H groups in total. The van der Waals surface area contributed by atoms with Crippen molar-refractivity contribution in [1.29, 1.82) is 0 Å². The Balaban J connectivity index is 0.694. The number of rotatable bonds is 16. The highest BCUT2D eigenvalue weighted by Crippen LogP contribution is 2.35. The highest BCUT2D eigenvalue weighted by atomic mass is 15.0. The van der Waals surface area contributed by atoms with Gasteiger partial charge in [0.1, 0.15) is 0 Å². The van der Waals surface area contributed by atoms with Gasteiger partial charge in [-0.1, -0.05) is 201 Å². The molecule has 4 nitrogen and oxygen atoms in total. The lowest BCUT2D eigenvalue weighted by Gasteiger charge is -2.16. The lowest BCUT2D eigenvalue weighted by atomic mass is 9.93. The minimum absolute atomic E-state index is 0.481. The second-order valence-electron chi connectivity index (χ2n) is 18.7. The molecule has 0 bridgehead atoms. The van der Waals surface area contributed by atoms with Gasteiger partial charge in [0.2, 0.25) is 0 Å². The SMILES string of the molecule is CC(Cc1ccc(-c2cncc(-c3ccc(CCCc4ccc(-n5c(-c6ccccc6)ccc5-c5ccccc5)cc4)cc3)n2)cc1)Cc1ccc(-n2c(-c3ccccc3)ccc2-c2ccccc2)cc1. The third-order valence-corrected chi connectivity index (χ3v) is 13.7. The topological polar surface area (TPSA) is 35.6 Å². The molecule has 0 aliphatic carbocycles. The predicted octanol–water partition coefficient (Wildman–Crippen LogP) is 16.7. The van der Waals surface area contributed by atoms with Crippen LogP contribution in [0.15, 0.2) is 255 Å². The lowest BCUT2D eigenvalue weighted by molar-refractivity contribution is 0.577. The standard InChI is InChI=1S/C67H56N4/c1-49(46-53-31-39-61(40-32-53)71-66(58-21-10-4-11-22-58)43-44-67(71)59-23-12-5-13-24-59)45-52-27-35-55(36-28-52)63-48-68-47-62(69-63)54-33-25-50(26-34-54)15-14-16-51-29-37-60(38-30-51)70-64(56-17-6-2-7-18-56)41-42-65(70)57-19-8-3-9-20-57/h2-13,17-44,47-49H,14-16,45-46H2,1H3. The fraction of sp³-hybridized carbons (Fsp3) is 0.104. The van der Waals surface area contributed by atoms with Crippen LogP contribution in [0.2, 0.25) is 0 Å². The van der Waals surface area contributed by atoms with Gasteiger partial charge in [-0.25, -0.2) is 4.98 Å². The van der Waals surface area contributed by atoms with Crippen LogP contribution in [0.3, 0.4) is 0 Å². The quantitative estimate of drug-likeness (QED) is 0.0968. The Labute approximate surface area is 418 Å². The van der Waals surface area contributed by atoms with Crippen molar-refractivity contribution < 1.29 is 0 Å². The number of hydrogen-bond acceptors (Lipinski definition) is 2. The smallest absolute Gasteiger partial charge is 0.0892 e. The van der Waals surface area contributed by atoms with Crippen LogP contribution < -0.4 is 0 Å². The zero-order valence-electron chi connectivity index (χ0n) is 40.2. The van der Waals surface area contributed by atoms with E-state index < -0.39 is 0 Å². The fourth-order valence-electron chi connectivity index (χ4n) is 10.0. The average molecular weight is 917 g/mol. The molecule has 8 aromatic carbocycles. The first-order valence-electron chi connectivity index (χ1n) is 24.9. The molecule has 0 radical (unpaired) electrons. The largest absolute Gasteiger partial charge is 0.309 e. The van der Waals surface area contributed by atoms with Crippen LogP contribution >= 0.6 is 0 Å². The fourth-order valence-corrected chi connectivity index (χ4v) is 10.0. The maximum atomic E-state index is 5.07. The normalized spacial score (nSPS) is 11.7. The molecule has 0 amide bonds. The van der Waals surface area contributed by atoms with E-state index in [-0.39, 0.29) is 0 Å². The summed E-state index contributed by atoms with van der Waals surface area (Å²) in [6.45, 7) is 2.35. The molecular weight excluding hydrogens is 861 g/mol. The van der Waals surface area contributed by atoms with Gasteiger partial charge in [0.05, 0.1) is 46.6 Å². The first-order valence-corrected chi connectivity index (χ1v) is 24.9. The zero-order valence-corrected chi connectivity index (χ0v) is 40.2. The van der Waals surface area contributed by atoms with Gasteiger partial charge in [-0.15, -0.1) is 0 Å². The van der Waals surface area contributed by atoms with Gasteiger partial charge in [-0.3, -0.25) is 4.98 Å². The van der Waals surface area contributed by atoms with Gasteiger partial charge in [0, 0.05) is 22.5 Å². The van der Waals surface area contributed by atoms with E-state index in [9.17, 15) is 0 Å². The van der Waals surface area contributed by atoms with Crippen molar-refractivity contribution in [2.45, 2.75) is 39.0 Å². The molecule has 344 valence electrons. The minimum atomic E-state index is 0.481. The monoisotopic (exact) mass is 916 g/mol. The van der Waals surface area contributed by atoms with Crippen LogP contribution in [-0.2, 0) is 25.7 Å². The summed E-state index contributed by atoms with van der Waals surface area (Å²) in [4.78, 5) is 9.69. The van der Waals surface area contributed by atoms with E-state index in [0.29, 0.717) is 5.92 Å². The van der Waals surface area contributed by atoms with Crippen LogP contribution in [-0.4, -0.2) is 19.1 Å². The maximum Gasteiger partial charge on any atom is 0.0892 e. The van der Waals surface area contributed by atoms with E-state index in [0.717, 1.165) is 54.6 Å². The van der Waals surface area contributed by atoms with Crippen LogP contribution in [0.4, 0.5) is 0 Å². The summed E-state index contributed by atoms with van der Waals surface area (Å²) in [5, 5.41) is 0. The van der Waals surface area contributed by atoms with Gasteiger partial charge < -0.3 is 9.13 Å². The van der Waals surface area contributed by atoms with Gasteiger partial charge in [-0.2, -0.15) is 0 Å². The van der Waals surface area contributed by atoms with Crippen molar-refractivity contribution in [2.24, 2.45) is 5.92 Å². The second-order valence-corrected chi connectivity index (χ2v) is 18.7. The summed E-state index contributed by atoms with van der Waals surface area (Å²) in [6, 6.07) is 87.5. The summed E-state index contributed by atoms with van der Waals surface area (Å²) in [5.74, 6) is 0.481. The first-order chi connectivity index (χ1) is 35.1. The van der Waals surface area contributed by atoms with E-state index in [1.165, 1.54) is 78.7 Å². The van der Waals surface area contributed by atoms with Gasteiger partial charge in [0.25, 0.3) is 0 Å². The first kappa shape index (κ1) is 44.9. The van der Waals surface area contributed by atoms with Crippen molar-refractivity contribution in [2.75, 3.05) is 0 Å². The summed E-state index contributed by atoms with van der Waals surface area (Å²) in [6.07, 6.45) is 8.85. The minimum Gasteiger partial charge on any atom is -0.309 e. The van der Waals surface area contributed by atoms with Crippen LogP contribution in [0.25, 0.3) is 78.9 Å². The summed E-state index contributed by atoms with van der Waals surface area (Å²) in [7, 11) is 0. The molecule has 0 fully saturated rings. The van der Waals surface area contributed by atoms with E-state index in [4.69, 9.17) is 4.98 Å². The molecule has 0 spiro atoms. The highest BCUT2D eigenvalue weighted by Gasteiger charge is 2.16. The van der Waals surface area contributed by atoms with E-state index in [1.54, 1.807) is 0 Å². The number of hydrogen-bond donors (Lipinski definition) is 0. The van der Waals surface area contributed by atoms with Crippen LogP contribution in [0.5, 0.6) is 0 Å². The van der Waals surface area contributed by atoms with Crippen molar-refractivity contribution in [3.05, 3.63) is 277 Å². The van der Waals surface area contributed by atoms with E-state index in [1.807, 2.05) is 12.4 Å². The Morgan fingerprint density at radius 1 is 0.324 bits per heavy atom. The zero-order chi connectivity index (χ0) is 47.8. The van der Waals surface area contributed by atoms with Crippen LogP contribution in [0, 0.1) is 5.92 Å². The molecular formula is C67H56N4. The molecule has 11 aromatic rings. The molecule has 11 rings (SSSR count). The number of aryl methyl sites for hydroxylation is 2. The summed E-state index contributed by atoms with van der Waals surface area (Å²) >= 11 is 0. The van der Waals surface area contributed by atoms with Crippen molar-refractivity contribution in [3.8, 4) is 78.9 Å². The molecule has 0 saturated carbocycles. The Morgan fingerprint density at radius 2 is 0.634 bits per heavy atom. The molecule has 3 aromatic heterocycles. The highest BCUT2D eigenvalue weighted by molar-refractivity contribution is 5.75. The Hall–Kier alpha value is -8.60. The predicted molar refractivity (Wildman–Crippen MR) is 295 cm³/mol. The number of aromatic nitrogens is 4. The van der Waals surface area contributed by atoms with E-state index in [2.05, 4.69) is 264 Å². The number of benzene rings is 8. The molecule has 1 atom stereocenters. The second kappa shape index (κ2) is 21.0. The van der Waals surface area contributed by atoms with Crippen molar-refractivity contribution >= 4 is 0 Å². The van der Waals surface area contributed by atoms with Gasteiger partial charge >= 0.3 is 0 Å². The lowest BCUT2D eigenvalue weighted by Crippen LogP contribution is -2.05. The molecule has 0 aliphatic rings. The molecule has 1 unspecified atom stereocenters. The molecule has 0 saturated heterocycles. The Bertz CT molecular complexity index is 3330. The molecule has 0 aliphatic heterocycles. The maximum absolute atomic E-state index is 5.07. The molecule has 71 heavy (non-hydrogen) atoms. The van der Waals surface area contributed by atoms with Crippen molar-refractivity contribution in [3.63, 3.8) is 0 Å². The third-order valence-electron chi connectivity index (χ3n) is 13.7. The Morgan fingerprint density at radius 3 is 0.986 bits per heavy atom. The van der Waals surface area contributed by atoms with Crippen LogP contribution in [0.1, 0.15) is 35.6 Å². The van der Waals surface area contributed by atoms with E-state index >= 15 is 0 Å². The Kier molecular flexibility index (Phi) is 13.2. The van der Waals surface area contributed by atoms with Crippen molar-refractivity contribution in [1.82, 2.24) is 19.1 Å².